The van der Waals surface area contributed by atoms with Crippen LogP contribution < -0.4 is 5.73 Å². The van der Waals surface area contributed by atoms with Crippen molar-refractivity contribution in [3.63, 3.8) is 0 Å². The van der Waals surface area contributed by atoms with Gasteiger partial charge >= 0.3 is 18.1 Å². The smallest absolute Gasteiger partial charge is 0.480 e. The van der Waals surface area contributed by atoms with E-state index in [1.807, 2.05) is 18.2 Å². The lowest BCUT2D eigenvalue weighted by Gasteiger charge is -2.34. The highest BCUT2D eigenvalue weighted by Crippen LogP contribution is 2.24. The summed E-state index contributed by atoms with van der Waals surface area (Å²) in [7, 11) is 0. The van der Waals surface area contributed by atoms with Gasteiger partial charge in [-0.2, -0.15) is 24.9 Å². The number of nitrogens with zero attached hydrogens (tertiary/aromatic N) is 1. The number of aliphatic carboxylic acids is 2. The predicted octanol–water partition coefficient (Wildman–Crippen LogP) is 4.79. The van der Waals surface area contributed by atoms with Gasteiger partial charge in [-0.15, -0.1) is 0 Å². The Hall–Kier alpha value is -3.05. The first-order valence-electron chi connectivity index (χ1n) is 11.8. The van der Waals surface area contributed by atoms with Crippen molar-refractivity contribution in [2.75, 3.05) is 12.3 Å². The number of hydrogen-bond acceptors (Lipinski definition) is 5. The molecule has 0 bridgehead atoms. The molecule has 1 saturated carbocycles. The van der Waals surface area contributed by atoms with Crippen LogP contribution in [0.5, 0.6) is 0 Å². The first-order valence-corrected chi connectivity index (χ1v) is 12.9. The minimum absolute atomic E-state index is 0.00364. The third-order valence-corrected chi connectivity index (χ3v) is 6.92. The maximum Gasteiger partial charge on any atom is 0.490 e. The van der Waals surface area contributed by atoms with Crippen molar-refractivity contribution < 1.29 is 37.8 Å². The summed E-state index contributed by atoms with van der Waals surface area (Å²) in [5.74, 6) is -2.74. The van der Waals surface area contributed by atoms with Crippen LogP contribution in [0.4, 0.5) is 13.2 Å². The van der Waals surface area contributed by atoms with Crippen LogP contribution in [-0.2, 0) is 20.1 Å². The SMILES string of the molecule is N[C@@H](CSCc1ccc(-c2ccccc2)cc1)C(=O)N(CC(=O)O)C1CCCCC1.O=C(O)C(F)(F)F. The average molecular weight is 541 g/mol. The first-order chi connectivity index (χ1) is 17.5. The number of carboxylic acid groups (broad SMARTS) is 2. The molecule has 1 aliphatic carbocycles. The molecule has 0 radical (unpaired) electrons. The fourth-order valence-corrected chi connectivity index (χ4v) is 4.88. The van der Waals surface area contributed by atoms with Crippen molar-refractivity contribution >= 4 is 29.6 Å². The lowest BCUT2D eigenvalue weighted by molar-refractivity contribution is -0.192. The summed E-state index contributed by atoms with van der Waals surface area (Å²) >= 11 is 1.61. The van der Waals surface area contributed by atoms with Crippen molar-refractivity contribution in [3.05, 3.63) is 60.2 Å². The third kappa shape index (κ3) is 10.5. The van der Waals surface area contributed by atoms with Gasteiger partial charge in [0.1, 0.15) is 6.54 Å². The lowest BCUT2D eigenvalue weighted by Crippen LogP contribution is -2.52. The molecule has 1 atom stereocenters. The molecule has 11 heteroatoms. The second-order valence-electron chi connectivity index (χ2n) is 8.64. The Bertz CT molecular complexity index is 1010. The quantitative estimate of drug-likeness (QED) is 0.418. The van der Waals surface area contributed by atoms with Crippen molar-refractivity contribution in [3.8, 4) is 11.1 Å². The van der Waals surface area contributed by atoms with Crippen molar-refractivity contribution in [2.24, 2.45) is 5.73 Å². The standard InChI is InChI=1S/C24H30N2O3S.C2HF3O2/c25-22(24(29)26(15-23(27)28)21-9-5-2-6-10-21)17-30-16-18-11-13-20(14-12-18)19-7-3-1-4-8-19;3-2(4,5)1(6)7/h1,3-4,7-8,11-14,21-22H,2,5-6,9-10,15-17,25H2,(H,27,28);(H,6,7)/t22-;/m0./s1. The Balaban J connectivity index is 0.000000604. The molecule has 1 fully saturated rings. The van der Waals surface area contributed by atoms with E-state index in [0.29, 0.717) is 5.75 Å². The summed E-state index contributed by atoms with van der Waals surface area (Å²) < 4.78 is 31.7. The van der Waals surface area contributed by atoms with E-state index in [2.05, 4.69) is 36.4 Å². The Kier molecular flexibility index (Phi) is 11.9. The lowest BCUT2D eigenvalue weighted by atomic mass is 9.93. The molecule has 0 aliphatic heterocycles. The number of amides is 1. The number of alkyl halides is 3. The molecule has 2 aromatic carbocycles. The van der Waals surface area contributed by atoms with E-state index in [9.17, 15) is 27.9 Å². The van der Waals surface area contributed by atoms with E-state index in [0.717, 1.165) is 37.9 Å². The second kappa shape index (κ2) is 14.6. The molecule has 0 unspecified atom stereocenters. The highest BCUT2D eigenvalue weighted by atomic mass is 32.2. The van der Waals surface area contributed by atoms with Gasteiger partial charge in [-0.05, 0) is 29.5 Å². The average Bonchev–Trinajstić information content (AvgIpc) is 2.88. The topological polar surface area (TPSA) is 121 Å². The van der Waals surface area contributed by atoms with Crippen LogP contribution in [0.1, 0.15) is 37.7 Å². The number of carboxylic acids is 2. The highest BCUT2D eigenvalue weighted by molar-refractivity contribution is 7.98. The van der Waals surface area contributed by atoms with Gasteiger partial charge in [-0.3, -0.25) is 9.59 Å². The molecule has 2 aromatic rings. The number of halogens is 3. The van der Waals surface area contributed by atoms with Crippen molar-refractivity contribution in [2.45, 2.75) is 56.1 Å². The van der Waals surface area contributed by atoms with Crippen LogP contribution in [0, 0.1) is 0 Å². The number of carbonyl (C=O) groups excluding carboxylic acids is 1. The molecule has 7 nitrogen and oxygen atoms in total. The van der Waals surface area contributed by atoms with Gasteiger partial charge in [0.2, 0.25) is 5.91 Å². The summed E-state index contributed by atoms with van der Waals surface area (Å²) in [4.78, 5) is 34.5. The van der Waals surface area contributed by atoms with Gasteiger partial charge in [0.05, 0.1) is 6.04 Å². The molecule has 1 amide bonds. The Morgan fingerprint density at radius 1 is 0.946 bits per heavy atom. The molecular weight excluding hydrogens is 509 g/mol. The van der Waals surface area contributed by atoms with Gasteiger partial charge in [-0.1, -0.05) is 73.9 Å². The van der Waals surface area contributed by atoms with Crippen molar-refractivity contribution in [1.82, 2.24) is 4.90 Å². The summed E-state index contributed by atoms with van der Waals surface area (Å²) in [6.45, 7) is -0.261. The zero-order chi connectivity index (χ0) is 27.4. The van der Waals surface area contributed by atoms with E-state index >= 15 is 0 Å². The highest BCUT2D eigenvalue weighted by Gasteiger charge is 2.38. The number of rotatable bonds is 9. The van der Waals surface area contributed by atoms with Gasteiger partial charge in [0.25, 0.3) is 0 Å². The van der Waals surface area contributed by atoms with Crippen LogP contribution in [0.2, 0.25) is 0 Å². The number of nitrogens with two attached hydrogens (primary N) is 1. The summed E-state index contributed by atoms with van der Waals surface area (Å²) in [6, 6.07) is 18.0. The molecule has 4 N–H and O–H groups in total. The Morgan fingerprint density at radius 3 is 2.00 bits per heavy atom. The zero-order valence-electron chi connectivity index (χ0n) is 20.2. The second-order valence-corrected chi connectivity index (χ2v) is 9.67. The van der Waals surface area contributed by atoms with E-state index in [-0.39, 0.29) is 18.5 Å². The molecule has 3 rings (SSSR count). The third-order valence-electron chi connectivity index (χ3n) is 5.79. The molecule has 0 heterocycles. The van der Waals surface area contributed by atoms with Gasteiger partial charge in [-0.25, -0.2) is 4.79 Å². The summed E-state index contributed by atoms with van der Waals surface area (Å²) in [5, 5.41) is 16.4. The molecule has 0 spiro atoms. The van der Waals surface area contributed by atoms with Crippen LogP contribution in [-0.4, -0.2) is 63.5 Å². The summed E-state index contributed by atoms with van der Waals surface area (Å²) in [5.41, 5.74) is 9.69. The number of thioether (sulfide) groups is 1. The fraction of sp³-hybridized carbons (Fsp3) is 0.423. The van der Waals surface area contributed by atoms with Gasteiger partial charge in [0.15, 0.2) is 0 Å². The van der Waals surface area contributed by atoms with Crippen LogP contribution >= 0.6 is 11.8 Å². The van der Waals surface area contributed by atoms with Crippen molar-refractivity contribution in [1.29, 1.82) is 0 Å². The van der Waals surface area contributed by atoms with Crippen LogP contribution in [0.15, 0.2) is 54.6 Å². The van der Waals surface area contributed by atoms with E-state index in [4.69, 9.17) is 15.6 Å². The molecule has 0 aromatic heterocycles. The molecule has 202 valence electrons. The molecule has 0 saturated heterocycles. The maximum atomic E-state index is 12.8. The van der Waals surface area contributed by atoms with E-state index < -0.39 is 24.2 Å². The first kappa shape index (κ1) is 30.2. The fourth-order valence-electron chi connectivity index (χ4n) is 3.94. The normalized spacial score (nSPS) is 14.7. The zero-order valence-corrected chi connectivity index (χ0v) is 21.0. The molecule has 37 heavy (non-hydrogen) atoms. The largest absolute Gasteiger partial charge is 0.490 e. The summed E-state index contributed by atoms with van der Waals surface area (Å²) in [6.07, 6.45) is -0.121. The Labute approximate surface area is 217 Å². The number of benzene rings is 2. The van der Waals surface area contributed by atoms with Gasteiger partial charge in [0, 0.05) is 17.5 Å². The number of hydrogen-bond donors (Lipinski definition) is 3. The van der Waals surface area contributed by atoms with Gasteiger partial charge < -0.3 is 20.8 Å². The molecule has 1 aliphatic rings. The minimum atomic E-state index is -5.08. The van der Waals surface area contributed by atoms with Crippen LogP contribution in [0.25, 0.3) is 11.1 Å². The predicted molar refractivity (Wildman–Crippen MR) is 136 cm³/mol. The van der Waals surface area contributed by atoms with Crippen LogP contribution in [0.3, 0.4) is 0 Å². The van der Waals surface area contributed by atoms with E-state index in [1.54, 1.807) is 11.8 Å². The Morgan fingerprint density at radius 2 is 1.49 bits per heavy atom. The monoisotopic (exact) mass is 540 g/mol. The maximum absolute atomic E-state index is 12.8. The van der Waals surface area contributed by atoms with E-state index in [1.165, 1.54) is 21.6 Å². The number of carbonyl (C=O) groups is 3. The molecular formula is C26H31F3N2O5S. The minimum Gasteiger partial charge on any atom is -0.480 e.